The Morgan fingerprint density at radius 2 is 1.48 bits per heavy atom. The number of hydrogen-bond acceptors (Lipinski definition) is 3. The van der Waals surface area contributed by atoms with Crippen LogP contribution in [0.1, 0.15) is 47.0 Å². The van der Waals surface area contributed by atoms with Gasteiger partial charge in [0.05, 0.1) is 6.10 Å². The number of ether oxygens (including phenoxy) is 1. The summed E-state index contributed by atoms with van der Waals surface area (Å²) in [5.74, 6) is 0.425. The number of hydrogen-bond donors (Lipinski definition) is 1. The van der Waals surface area contributed by atoms with Crippen molar-refractivity contribution in [2.24, 2.45) is 0 Å². The molecular weight excluding hydrogens is 400 g/mol. The van der Waals surface area contributed by atoms with Gasteiger partial charge in [-0.25, -0.2) is 0 Å². The van der Waals surface area contributed by atoms with Crippen molar-refractivity contribution in [3.05, 3.63) is 85.2 Å². The van der Waals surface area contributed by atoms with Gasteiger partial charge in [0.2, 0.25) is 0 Å². The van der Waals surface area contributed by atoms with Gasteiger partial charge in [-0.05, 0) is 34.7 Å². The van der Waals surface area contributed by atoms with Crippen molar-refractivity contribution >= 4 is 18.7 Å². The largest absolute Gasteiger partial charge is 0.490 e. The number of rotatable bonds is 5. The smallest absolute Gasteiger partial charge is 0.261 e. The van der Waals surface area contributed by atoms with Crippen LogP contribution in [-0.4, -0.2) is 31.7 Å². The normalized spacial score (nSPS) is 23.9. The van der Waals surface area contributed by atoms with E-state index in [1.165, 1.54) is 10.4 Å². The molecule has 3 atom stereocenters. The highest BCUT2D eigenvalue weighted by atomic mass is 28.4. The zero-order valence-corrected chi connectivity index (χ0v) is 20.3. The molecule has 0 unspecified atom stereocenters. The summed E-state index contributed by atoms with van der Waals surface area (Å²) < 4.78 is 13.5. The van der Waals surface area contributed by atoms with E-state index in [9.17, 15) is 5.11 Å². The van der Waals surface area contributed by atoms with Gasteiger partial charge in [-0.2, -0.15) is 0 Å². The summed E-state index contributed by atoms with van der Waals surface area (Å²) in [5.41, 5.74) is 0. The average Bonchev–Trinajstić information content (AvgIpc) is 2.83. The molecule has 0 saturated carbocycles. The van der Waals surface area contributed by atoms with Crippen LogP contribution in [0.4, 0.5) is 0 Å². The first kappa shape index (κ1) is 23.5. The molecule has 2 aromatic rings. The van der Waals surface area contributed by atoms with Gasteiger partial charge >= 0.3 is 0 Å². The fourth-order valence-corrected chi connectivity index (χ4v) is 9.19. The zero-order valence-electron chi connectivity index (χ0n) is 19.3. The number of benzene rings is 2. The van der Waals surface area contributed by atoms with Crippen molar-refractivity contribution in [1.82, 2.24) is 0 Å². The van der Waals surface area contributed by atoms with E-state index in [1.54, 1.807) is 0 Å². The van der Waals surface area contributed by atoms with Crippen molar-refractivity contribution in [1.29, 1.82) is 0 Å². The SMILES string of the molecule is C=C1O[C@@H](CC)[C@H](O[Si](c2ccccc2)(c2ccccc2)C(C)(C)C)C/C=C\C[C@H]1O. The fraction of sp³-hybridized carbons (Fsp3) is 0.407. The highest BCUT2D eigenvalue weighted by Gasteiger charge is 2.52. The Labute approximate surface area is 188 Å². The topological polar surface area (TPSA) is 38.7 Å². The van der Waals surface area contributed by atoms with Crippen molar-refractivity contribution < 1.29 is 14.3 Å². The van der Waals surface area contributed by atoms with Gasteiger partial charge in [0.1, 0.15) is 18.0 Å². The fourth-order valence-electron chi connectivity index (χ4n) is 4.48. The molecule has 1 heterocycles. The molecule has 3 nitrogen and oxygen atoms in total. The average molecular weight is 437 g/mol. The molecule has 2 aromatic carbocycles. The molecule has 0 fully saturated rings. The minimum absolute atomic E-state index is 0.104. The lowest BCUT2D eigenvalue weighted by molar-refractivity contribution is -0.0160. The van der Waals surface area contributed by atoms with E-state index in [-0.39, 0.29) is 17.2 Å². The van der Waals surface area contributed by atoms with Crippen molar-refractivity contribution in [2.75, 3.05) is 0 Å². The van der Waals surface area contributed by atoms with Crippen molar-refractivity contribution in [3.8, 4) is 0 Å². The van der Waals surface area contributed by atoms with Gasteiger partial charge in [-0.3, -0.25) is 0 Å². The third-order valence-corrected chi connectivity index (χ3v) is 11.2. The Morgan fingerprint density at radius 1 is 0.968 bits per heavy atom. The molecular formula is C27H36O3Si. The van der Waals surface area contributed by atoms with Gasteiger partial charge in [-0.15, -0.1) is 0 Å². The second kappa shape index (κ2) is 9.99. The molecule has 0 saturated heterocycles. The van der Waals surface area contributed by atoms with E-state index < -0.39 is 14.4 Å². The molecule has 0 spiro atoms. The minimum atomic E-state index is -2.70. The van der Waals surface area contributed by atoms with E-state index in [0.717, 1.165) is 12.8 Å². The van der Waals surface area contributed by atoms with Gasteiger partial charge in [0.25, 0.3) is 8.32 Å². The zero-order chi connectivity index (χ0) is 22.5. The van der Waals surface area contributed by atoms with Crippen molar-refractivity contribution in [3.63, 3.8) is 0 Å². The maximum atomic E-state index is 10.3. The molecule has 1 N–H and O–H groups in total. The molecule has 0 aromatic heterocycles. The van der Waals surface area contributed by atoms with Gasteiger partial charge in [0.15, 0.2) is 0 Å². The van der Waals surface area contributed by atoms with Crippen LogP contribution in [0.25, 0.3) is 0 Å². The third-order valence-electron chi connectivity index (χ3n) is 6.13. The maximum absolute atomic E-state index is 10.3. The van der Waals surface area contributed by atoms with Crippen LogP contribution in [0.15, 0.2) is 85.2 Å². The van der Waals surface area contributed by atoms with Crippen LogP contribution < -0.4 is 10.4 Å². The van der Waals surface area contributed by atoms with Crippen LogP contribution in [0.2, 0.25) is 5.04 Å². The second-order valence-corrected chi connectivity index (χ2v) is 13.6. The van der Waals surface area contributed by atoms with Gasteiger partial charge in [-0.1, -0.05) is 107 Å². The Hall–Kier alpha value is -2.14. The van der Waals surface area contributed by atoms with Crippen molar-refractivity contribution in [2.45, 2.75) is 70.3 Å². The molecule has 0 bridgehead atoms. The van der Waals surface area contributed by atoms with E-state index in [0.29, 0.717) is 12.2 Å². The predicted octanol–water partition coefficient (Wildman–Crippen LogP) is 4.95. The van der Waals surface area contributed by atoms with E-state index in [2.05, 4.69) is 101 Å². The summed E-state index contributed by atoms with van der Waals surface area (Å²) in [6, 6.07) is 21.4. The summed E-state index contributed by atoms with van der Waals surface area (Å²) in [4.78, 5) is 0. The lowest BCUT2D eigenvalue weighted by Crippen LogP contribution is -2.68. The summed E-state index contributed by atoms with van der Waals surface area (Å²) in [7, 11) is -2.70. The molecule has 4 heteroatoms. The number of aliphatic hydroxyl groups excluding tert-OH is 1. The summed E-state index contributed by atoms with van der Waals surface area (Å²) in [5, 5.41) is 12.7. The summed E-state index contributed by atoms with van der Waals surface area (Å²) in [6.45, 7) is 12.9. The van der Waals surface area contributed by atoms with Crippen LogP contribution in [0.5, 0.6) is 0 Å². The van der Waals surface area contributed by atoms with E-state index in [1.807, 2.05) is 6.08 Å². The second-order valence-electron chi connectivity index (χ2n) is 9.31. The predicted molar refractivity (Wildman–Crippen MR) is 131 cm³/mol. The Morgan fingerprint density at radius 3 is 1.97 bits per heavy atom. The molecule has 1 aliphatic heterocycles. The maximum Gasteiger partial charge on any atom is 0.261 e. The highest BCUT2D eigenvalue weighted by molar-refractivity contribution is 6.99. The Kier molecular flexibility index (Phi) is 7.58. The highest BCUT2D eigenvalue weighted by Crippen LogP contribution is 2.39. The molecule has 0 aliphatic carbocycles. The quantitative estimate of drug-likeness (QED) is 0.532. The number of aliphatic hydroxyl groups is 1. The van der Waals surface area contributed by atoms with Crippen LogP contribution in [0.3, 0.4) is 0 Å². The summed E-state index contributed by atoms with van der Waals surface area (Å²) >= 11 is 0. The standard InChI is InChI=1S/C27H36O3Si/c1-6-25-26(20-14-13-19-24(28)21(2)29-25)30-31(27(3,4)5,22-15-9-7-10-16-22)23-17-11-8-12-18-23/h7-18,24-26,28H,2,6,19-20H2,1,3-5H3/b14-13-/t24-,25+,26-/m1/s1. The lowest BCUT2D eigenvalue weighted by Gasteiger charge is -2.46. The Bertz CT molecular complexity index is 831. The first-order valence-corrected chi connectivity index (χ1v) is 13.2. The van der Waals surface area contributed by atoms with Crippen LogP contribution >= 0.6 is 0 Å². The summed E-state index contributed by atoms with van der Waals surface area (Å²) in [6.07, 6.45) is 5.17. The van der Waals surface area contributed by atoms with Crippen LogP contribution in [0, 0.1) is 0 Å². The van der Waals surface area contributed by atoms with Crippen LogP contribution in [-0.2, 0) is 9.16 Å². The molecule has 3 rings (SSSR count). The lowest BCUT2D eigenvalue weighted by atomic mass is 10.1. The minimum Gasteiger partial charge on any atom is -0.490 e. The first-order chi connectivity index (χ1) is 14.8. The third kappa shape index (κ3) is 5.03. The first-order valence-electron chi connectivity index (χ1n) is 11.3. The van der Waals surface area contributed by atoms with Gasteiger partial charge < -0.3 is 14.3 Å². The monoisotopic (exact) mass is 436 g/mol. The van der Waals surface area contributed by atoms with Gasteiger partial charge in [0, 0.05) is 0 Å². The molecule has 166 valence electrons. The molecule has 0 amide bonds. The molecule has 31 heavy (non-hydrogen) atoms. The van der Waals surface area contributed by atoms with E-state index in [4.69, 9.17) is 9.16 Å². The molecule has 0 radical (unpaired) electrons. The molecule has 1 aliphatic rings. The Balaban J connectivity index is 2.14. The van der Waals surface area contributed by atoms with E-state index >= 15 is 0 Å².